The van der Waals surface area contributed by atoms with E-state index in [1.807, 2.05) is 0 Å². The lowest BCUT2D eigenvalue weighted by Gasteiger charge is -2.03. The molecule has 0 unspecified atom stereocenters. The van der Waals surface area contributed by atoms with E-state index < -0.39 is 0 Å². The molecule has 0 rings (SSSR count). The molecule has 5 heteroatoms. The summed E-state index contributed by atoms with van der Waals surface area (Å²) >= 11 is 0. The minimum absolute atomic E-state index is 0.155. The molecule has 5 nitrogen and oxygen atoms in total. The summed E-state index contributed by atoms with van der Waals surface area (Å²) in [6.45, 7) is 13.3. The van der Waals surface area contributed by atoms with Gasteiger partial charge in [-0.25, -0.2) is 0 Å². The third kappa shape index (κ3) is 59.5. The van der Waals surface area contributed by atoms with Gasteiger partial charge in [-0.15, -0.1) is 0 Å². The molecule has 0 spiro atoms. The number of carbonyl (C=O) groups is 2. The number of carbonyl (C=O) groups excluding carboxylic acids is 2. The maximum absolute atomic E-state index is 10.5. The SMILES string of the molecule is CCCC/C=C(/N)CC(C)C.CCCCCC.CCCCCCCCCCCCCCCC(N)=O.NC=O. The van der Waals surface area contributed by atoms with E-state index in [9.17, 15) is 4.79 Å². The van der Waals surface area contributed by atoms with E-state index in [4.69, 9.17) is 16.3 Å². The first-order valence-corrected chi connectivity index (χ1v) is 16.1. The molecule has 0 saturated heterocycles. The Labute approximate surface area is 239 Å². The summed E-state index contributed by atoms with van der Waals surface area (Å²) < 4.78 is 0. The Morgan fingerprint density at radius 1 is 0.605 bits per heavy atom. The van der Waals surface area contributed by atoms with Gasteiger partial charge >= 0.3 is 0 Å². The number of unbranched alkanes of at least 4 members (excludes halogenated alkanes) is 17. The lowest BCUT2D eigenvalue weighted by molar-refractivity contribution is -0.118. The van der Waals surface area contributed by atoms with Crippen LogP contribution in [0.3, 0.4) is 0 Å². The van der Waals surface area contributed by atoms with Gasteiger partial charge in [-0.05, 0) is 25.2 Å². The van der Waals surface area contributed by atoms with Crippen molar-refractivity contribution in [2.45, 2.75) is 183 Å². The van der Waals surface area contributed by atoms with Crippen LogP contribution in [0.2, 0.25) is 0 Å². The summed E-state index contributed by atoms with van der Waals surface area (Å²) in [5.41, 5.74) is 16.1. The molecular formula is C33H71N3O2. The molecule has 38 heavy (non-hydrogen) atoms. The van der Waals surface area contributed by atoms with Crippen LogP contribution in [0.25, 0.3) is 0 Å². The molecule has 0 aliphatic rings. The summed E-state index contributed by atoms with van der Waals surface area (Å²) in [6.07, 6.45) is 30.6. The zero-order valence-electron chi connectivity index (χ0n) is 26.8. The van der Waals surface area contributed by atoms with Gasteiger partial charge in [0.25, 0.3) is 0 Å². The van der Waals surface area contributed by atoms with Crippen LogP contribution in [0.4, 0.5) is 0 Å². The molecule has 0 aromatic heterocycles. The Morgan fingerprint density at radius 3 is 1.24 bits per heavy atom. The molecule has 0 heterocycles. The van der Waals surface area contributed by atoms with Crippen molar-refractivity contribution in [3.05, 3.63) is 11.8 Å². The molecule has 0 bridgehead atoms. The molecule has 0 fully saturated rings. The highest BCUT2D eigenvalue weighted by Crippen LogP contribution is 2.12. The first-order valence-electron chi connectivity index (χ1n) is 16.1. The Kier molecular flexibility index (Phi) is 48.8. The summed E-state index contributed by atoms with van der Waals surface area (Å²) in [7, 11) is 0. The van der Waals surface area contributed by atoms with Crippen molar-refractivity contribution in [2.75, 3.05) is 0 Å². The van der Waals surface area contributed by atoms with E-state index in [-0.39, 0.29) is 12.3 Å². The van der Waals surface area contributed by atoms with Crippen LogP contribution in [-0.2, 0) is 9.59 Å². The maximum Gasteiger partial charge on any atom is 0.217 e. The van der Waals surface area contributed by atoms with Crippen molar-refractivity contribution in [1.29, 1.82) is 0 Å². The normalized spacial score (nSPS) is 10.4. The smallest absolute Gasteiger partial charge is 0.217 e. The zero-order chi connectivity index (χ0) is 29.7. The van der Waals surface area contributed by atoms with Gasteiger partial charge < -0.3 is 17.2 Å². The Bertz CT molecular complexity index is 461. The lowest BCUT2D eigenvalue weighted by Crippen LogP contribution is -2.09. The topological polar surface area (TPSA) is 112 Å². The second kappa shape index (κ2) is 42.6. The van der Waals surface area contributed by atoms with Crippen LogP contribution in [0.15, 0.2) is 11.8 Å². The number of primary amides is 2. The quantitative estimate of drug-likeness (QED) is 0.0936. The van der Waals surface area contributed by atoms with Crippen LogP contribution in [0, 0.1) is 5.92 Å². The molecule has 0 atom stereocenters. The monoisotopic (exact) mass is 542 g/mol. The average molecular weight is 542 g/mol. The van der Waals surface area contributed by atoms with Gasteiger partial charge in [0, 0.05) is 12.1 Å². The maximum atomic E-state index is 10.5. The van der Waals surface area contributed by atoms with Gasteiger partial charge in [0.1, 0.15) is 0 Å². The number of rotatable bonds is 22. The predicted octanol–water partition coefficient (Wildman–Crippen LogP) is 9.71. The second-order valence-electron chi connectivity index (χ2n) is 10.8. The Morgan fingerprint density at radius 2 is 0.921 bits per heavy atom. The number of hydrogen-bond acceptors (Lipinski definition) is 3. The minimum Gasteiger partial charge on any atom is -0.402 e. The van der Waals surface area contributed by atoms with Crippen molar-refractivity contribution >= 4 is 12.3 Å². The summed E-state index contributed by atoms with van der Waals surface area (Å²) in [5.74, 6) is 0.533. The van der Waals surface area contributed by atoms with Crippen molar-refractivity contribution in [3.63, 3.8) is 0 Å². The van der Waals surface area contributed by atoms with Crippen LogP contribution in [-0.4, -0.2) is 12.3 Å². The summed E-state index contributed by atoms with van der Waals surface area (Å²) in [5, 5.41) is 0. The summed E-state index contributed by atoms with van der Waals surface area (Å²) in [6, 6.07) is 0. The largest absolute Gasteiger partial charge is 0.402 e. The molecular weight excluding hydrogens is 470 g/mol. The molecule has 230 valence electrons. The molecule has 0 saturated carbocycles. The predicted molar refractivity (Wildman–Crippen MR) is 171 cm³/mol. The number of hydrogen-bond donors (Lipinski definition) is 3. The van der Waals surface area contributed by atoms with Crippen molar-refractivity contribution in [2.24, 2.45) is 23.1 Å². The minimum atomic E-state index is -0.155. The van der Waals surface area contributed by atoms with E-state index in [1.165, 1.54) is 116 Å². The lowest BCUT2D eigenvalue weighted by atomic mass is 10.0. The Balaban J connectivity index is -0.000000244. The van der Waals surface area contributed by atoms with Gasteiger partial charge in [-0.3, -0.25) is 9.59 Å². The van der Waals surface area contributed by atoms with Gasteiger partial charge in [-0.1, -0.05) is 163 Å². The highest BCUT2D eigenvalue weighted by Gasteiger charge is 1.96. The number of nitrogens with two attached hydrogens (primary N) is 3. The van der Waals surface area contributed by atoms with E-state index in [2.05, 4.69) is 53.4 Å². The Hall–Kier alpha value is -1.52. The number of amides is 2. The first-order chi connectivity index (χ1) is 18.3. The highest BCUT2D eigenvalue weighted by molar-refractivity contribution is 5.73. The van der Waals surface area contributed by atoms with Gasteiger partial charge in [0.2, 0.25) is 12.3 Å². The fourth-order valence-corrected chi connectivity index (χ4v) is 3.86. The van der Waals surface area contributed by atoms with E-state index in [1.54, 1.807) is 0 Å². The van der Waals surface area contributed by atoms with E-state index in [0.717, 1.165) is 25.0 Å². The van der Waals surface area contributed by atoms with Gasteiger partial charge in [0.15, 0.2) is 0 Å². The molecule has 0 aliphatic carbocycles. The first kappa shape index (κ1) is 43.5. The van der Waals surface area contributed by atoms with Crippen LogP contribution in [0.1, 0.15) is 183 Å². The molecule has 6 N–H and O–H groups in total. The van der Waals surface area contributed by atoms with Crippen LogP contribution >= 0.6 is 0 Å². The van der Waals surface area contributed by atoms with Crippen molar-refractivity contribution in [1.82, 2.24) is 0 Å². The third-order valence-electron chi connectivity index (χ3n) is 6.09. The van der Waals surface area contributed by atoms with Crippen molar-refractivity contribution < 1.29 is 9.59 Å². The van der Waals surface area contributed by atoms with E-state index in [0.29, 0.717) is 12.3 Å². The van der Waals surface area contributed by atoms with Crippen molar-refractivity contribution in [3.8, 4) is 0 Å². The molecule has 0 radical (unpaired) electrons. The average Bonchev–Trinajstić information content (AvgIpc) is 2.86. The molecule has 0 aromatic carbocycles. The standard InChI is InChI=1S/C16H33NO.C10H21N.C6H14.CH3NO/c1-2-3-4-5-6-7-8-9-10-11-12-13-14-15-16(17)18;1-4-5-6-7-10(11)8-9(2)3;1-3-5-6-4-2;2-1-3/h2-15H2,1H3,(H2,17,18);7,9H,4-6,8,11H2,1-3H3;3-6H2,1-2H3;1H,(H2,2,3)/b;10-7+;;. The van der Waals surface area contributed by atoms with Crippen LogP contribution in [0.5, 0.6) is 0 Å². The second-order valence-corrected chi connectivity index (χ2v) is 10.8. The van der Waals surface area contributed by atoms with Gasteiger partial charge in [0.05, 0.1) is 0 Å². The zero-order valence-corrected chi connectivity index (χ0v) is 26.8. The summed E-state index contributed by atoms with van der Waals surface area (Å²) in [4.78, 5) is 19.1. The molecule has 2 amide bonds. The molecule has 0 aliphatic heterocycles. The number of allylic oxidation sites excluding steroid dienone is 2. The van der Waals surface area contributed by atoms with Crippen LogP contribution < -0.4 is 17.2 Å². The highest BCUT2D eigenvalue weighted by atomic mass is 16.1. The fourth-order valence-electron chi connectivity index (χ4n) is 3.86. The van der Waals surface area contributed by atoms with Gasteiger partial charge in [-0.2, -0.15) is 0 Å². The van der Waals surface area contributed by atoms with E-state index >= 15 is 0 Å². The fraction of sp³-hybridized carbons (Fsp3) is 0.879. The third-order valence-corrected chi connectivity index (χ3v) is 6.09. The molecule has 0 aromatic rings.